The lowest BCUT2D eigenvalue weighted by Crippen LogP contribution is -2.52. The number of carbonyl (C=O) groups excluding carboxylic acids is 2. The van der Waals surface area contributed by atoms with E-state index in [-0.39, 0.29) is 17.9 Å². The number of aryl methyl sites for hydroxylation is 1. The molecule has 3 aromatic rings. The van der Waals surface area contributed by atoms with Gasteiger partial charge in [-0.1, -0.05) is 79.2 Å². The summed E-state index contributed by atoms with van der Waals surface area (Å²) in [4.78, 5) is 29.1. The minimum absolute atomic E-state index is 0.0234. The zero-order valence-electron chi connectivity index (χ0n) is 22.3. The van der Waals surface area contributed by atoms with Crippen LogP contribution < -0.4 is 10.1 Å². The van der Waals surface area contributed by atoms with Crippen LogP contribution in [0.5, 0.6) is 5.75 Å². The van der Waals surface area contributed by atoms with Gasteiger partial charge in [0, 0.05) is 24.8 Å². The van der Waals surface area contributed by atoms with Gasteiger partial charge in [-0.15, -0.1) is 11.8 Å². The summed E-state index contributed by atoms with van der Waals surface area (Å²) in [5.74, 6) is 1.57. The summed E-state index contributed by atoms with van der Waals surface area (Å²) in [5.41, 5.74) is 4.33. The van der Waals surface area contributed by atoms with E-state index in [2.05, 4.69) is 30.4 Å². The molecule has 0 spiro atoms. The van der Waals surface area contributed by atoms with Crippen molar-refractivity contribution >= 4 is 23.6 Å². The Morgan fingerprint density at radius 3 is 2.35 bits per heavy atom. The van der Waals surface area contributed by atoms with Gasteiger partial charge < -0.3 is 15.0 Å². The molecule has 0 heterocycles. The van der Waals surface area contributed by atoms with Crippen LogP contribution in [0.25, 0.3) is 0 Å². The average molecular weight is 519 g/mol. The number of benzene rings is 3. The predicted molar refractivity (Wildman–Crippen MR) is 153 cm³/mol. The van der Waals surface area contributed by atoms with Crippen molar-refractivity contribution in [3.63, 3.8) is 0 Å². The van der Waals surface area contributed by atoms with Gasteiger partial charge in [0.2, 0.25) is 11.8 Å². The van der Waals surface area contributed by atoms with Crippen LogP contribution >= 0.6 is 11.8 Å². The Bertz CT molecular complexity index is 1150. The highest BCUT2D eigenvalue weighted by Crippen LogP contribution is 2.21. The van der Waals surface area contributed by atoms with E-state index in [1.165, 1.54) is 11.1 Å². The standard InChI is InChI=1S/C31H38N2O3S/c1-5-24(3)32-31(35)29(19-25-12-7-6-8-13-25)33(20-26-14-10-16-28(18-26)36-4)30(34)22-37-21-27-15-9-11-23(2)17-27/h6-18,24,29H,5,19-22H2,1-4H3,(H,32,35). The summed E-state index contributed by atoms with van der Waals surface area (Å²) in [7, 11) is 1.63. The van der Waals surface area contributed by atoms with E-state index in [4.69, 9.17) is 4.74 Å². The molecule has 3 aromatic carbocycles. The molecule has 0 aliphatic carbocycles. The minimum Gasteiger partial charge on any atom is -0.497 e. The summed E-state index contributed by atoms with van der Waals surface area (Å²) in [6.45, 7) is 6.42. The van der Waals surface area contributed by atoms with E-state index in [1.807, 2.05) is 74.5 Å². The zero-order valence-corrected chi connectivity index (χ0v) is 23.1. The number of thioether (sulfide) groups is 1. The van der Waals surface area contributed by atoms with Crippen molar-refractivity contribution in [2.45, 2.75) is 58.0 Å². The third-order valence-electron chi connectivity index (χ3n) is 6.34. The first-order valence-electron chi connectivity index (χ1n) is 12.8. The lowest BCUT2D eigenvalue weighted by Gasteiger charge is -2.32. The second kappa shape index (κ2) is 14.5. The molecule has 0 aliphatic heterocycles. The predicted octanol–water partition coefficient (Wildman–Crippen LogP) is 5.79. The Hall–Kier alpha value is -3.25. The van der Waals surface area contributed by atoms with E-state index in [1.54, 1.807) is 23.8 Å². The van der Waals surface area contributed by atoms with Gasteiger partial charge in [-0.3, -0.25) is 9.59 Å². The molecule has 0 fully saturated rings. The number of hydrogen-bond donors (Lipinski definition) is 1. The van der Waals surface area contributed by atoms with Gasteiger partial charge in [0.25, 0.3) is 0 Å². The van der Waals surface area contributed by atoms with Crippen LogP contribution in [-0.2, 0) is 28.3 Å². The monoisotopic (exact) mass is 518 g/mol. The fourth-order valence-electron chi connectivity index (χ4n) is 4.10. The van der Waals surface area contributed by atoms with Crippen LogP contribution in [-0.4, -0.2) is 41.7 Å². The molecule has 2 unspecified atom stereocenters. The molecule has 5 nitrogen and oxygen atoms in total. The Kier molecular flexibility index (Phi) is 11.1. The smallest absolute Gasteiger partial charge is 0.243 e. The summed E-state index contributed by atoms with van der Waals surface area (Å²) in [5, 5.41) is 3.12. The third kappa shape index (κ3) is 8.97. The fraction of sp³-hybridized carbons (Fsp3) is 0.355. The van der Waals surface area contributed by atoms with Crippen molar-refractivity contribution in [3.8, 4) is 5.75 Å². The van der Waals surface area contributed by atoms with Crippen LogP contribution in [0, 0.1) is 6.92 Å². The molecule has 0 saturated heterocycles. The topological polar surface area (TPSA) is 58.6 Å². The van der Waals surface area contributed by atoms with Crippen molar-refractivity contribution in [1.29, 1.82) is 0 Å². The summed E-state index contributed by atoms with van der Waals surface area (Å²) in [6.07, 6.45) is 1.27. The van der Waals surface area contributed by atoms with Gasteiger partial charge >= 0.3 is 0 Å². The average Bonchev–Trinajstić information content (AvgIpc) is 2.91. The van der Waals surface area contributed by atoms with Gasteiger partial charge in [0.1, 0.15) is 11.8 Å². The summed E-state index contributed by atoms with van der Waals surface area (Å²) in [6, 6.07) is 25.3. The highest BCUT2D eigenvalue weighted by Gasteiger charge is 2.31. The molecule has 37 heavy (non-hydrogen) atoms. The molecule has 3 rings (SSSR count). The van der Waals surface area contributed by atoms with E-state index >= 15 is 0 Å². The van der Waals surface area contributed by atoms with Crippen molar-refractivity contribution in [1.82, 2.24) is 10.2 Å². The maximum atomic E-state index is 13.7. The number of nitrogens with one attached hydrogen (secondary N) is 1. The molecular formula is C31H38N2O3S. The highest BCUT2D eigenvalue weighted by molar-refractivity contribution is 7.99. The van der Waals surface area contributed by atoms with E-state index in [9.17, 15) is 9.59 Å². The molecular weight excluding hydrogens is 480 g/mol. The number of rotatable bonds is 13. The second-order valence-corrected chi connectivity index (χ2v) is 10.4. The molecule has 6 heteroatoms. The first-order chi connectivity index (χ1) is 17.9. The Morgan fingerprint density at radius 1 is 0.946 bits per heavy atom. The van der Waals surface area contributed by atoms with Crippen molar-refractivity contribution in [2.75, 3.05) is 12.9 Å². The van der Waals surface area contributed by atoms with Crippen LogP contribution in [0.1, 0.15) is 42.5 Å². The molecule has 0 radical (unpaired) electrons. The Balaban J connectivity index is 1.87. The number of carbonyl (C=O) groups is 2. The van der Waals surface area contributed by atoms with Gasteiger partial charge in [-0.05, 0) is 49.1 Å². The van der Waals surface area contributed by atoms with Gasteiger partial charge in [0.05, 0.1) is 12.9 Å². The van der Waals surface area contributed by atoms with Crippen molar-refractivity contribution in [2.24, 2.45) is 0 Å². The first-order valence-corrected chi connectivity index (χ1v) is 13.9. The van der Waals surface area contributed by atoms with Gasteiger partial charge in [-0.25, -0.2) is 0 Å². The van der Waals surface area contributed by atoms with E-state index in [0.717, 1.165) is 29.1 Å². The molecule has 2 amide bonds. The van der Waals surface area contributed by atoms with E-state index in [0.29, 0.717) is 18.7 Å². The SMILES string of the molecule is CCC(C)NC(=O)C(Cc1ccccc1)N(Cc1cccc(OC)c1)C(=O)CSCc1cccc(C)c1. The van der Waals surface area contributed by atoms with Crippen molar-refractivity contribution < 1.29 is 14.3 Å². The van der Waals surface area contributed by atoms with Gasteiger partial charge in [-0.2, -0.15) is 0 Å². The van der Waals surface area contributed by atoms with Crippen LogP contribution in [0.3, 0.4) is 0 Å². The molecule has 0 bridgehead atoms. The summed E-state index contributed by atoms with van der Waals surface area (Å²) >= 11 is 1.58. The lowest BCUT2D eigenvalue weighted by molar-refractivity contribution is -0.139. The van der Waals surface area contributed by atoms with E-state index < -0.39 is 6.04 Å². The molecule has 196 valence electrons. The first kappa shape index (κ1) is 28.3. The summed E-state index contributed by atoms with van der Waals surface area (Å²) < 4.78 is 5.40. The van der Waals surface area contributed by atoms with Crippen LogP contribution in [0.15, 0.2) is 78.9 Å². The quantitative estimate of drug-likeness (QED) is 0.311. The lowest BCUT2D eigenvalue weighted by atomic mass is 10.0. The van der Waals surface area contributed by atoms with Crippen LogP contribution in [0.2, 0.25) is 0 Å². The molecule has 2 atom stereocenters. The molecule has 1 N–H and O–H groups in total. The van der Waals surface area contributed by atoms with Crippen LogP contribution in [0.4, 0.5) is 0 Å². The van der Waals surface area contributed by atoms with Crippen molar-refractivity contribution in [3.05, 3.63) is 101 Å². The molecule has 0 aromatic heterocycles. The third-order valence-corrected chi connectivity index (χ3v) is 7.32. The number of methoxy groups -OCH3 is 1. The fourth-order valence-corrected chi connectivity index (χ4v) is 4.96. The molecule has 0 aliphatic rings. The largest absolute Gasteiger partial charge is 0.497 e. The van der Waals surface area contributed by atoms with Gasteiger partial charge in [0.15, 0.2) is 0 Å². The minimum atomic E-state index is -0.630. The highest BCUT2D eigenvalue weighted by atomic mass is 32.2. The number of ether oxygens (including phenoxy) is 1. The maximum Gasteiger partial charge on any atom is 0.243 e. The Morgan fingerprint density at radius 2 is 1.65 bits per heavy atom. The number of nitrogens with zero attached hydrogens (tertiary/aromatic N) is 1. The molecule has 0 saturated carbocycles. The maximum absolute atomic E-state index is 13.7. The second-order valence-electron chi connectivity index (χ2n) is 9.38. The number of amides is 2. The zero-order chi connectivity index (χ0) is 26.6. The number of hydrogen-bond acceptors (Lipinski definition) is 4. The normalized spacial score (nSPS) is 12.4. The Labute approximate surface area is 225 Å².